The van der Waals surface area contributed by atoms with Crippen molar-refractivity contribution in [3.63, 3.8) is 0 Å². The van der Waals surface area contributed by atoms with Crippen LogP contribution < -0.4 is 10.6 Å². The Bertz CT molecular complexity index is 658. The van der Waals surface area contributed by atoms with E-state index in [4.69, 9.17) is 4.74 Å². The van der Waals surface area contributed by atoms with Gasteiger partial charge < -0.3 is 20.3 Å². The van der Waals surface area contributed by atoms with Gasteiger partial charge in [0.15, 0.2) is 5.96 Å². The van der Waals surface area contributed by atoms with E-state index in [1.807, 2.05) is 0 Å². The molecule has 2 N–H and O–H groups in total. The van der Waals surface area contributed by atoms with Crippen molar-refractivity contribution in [1.29, 1.82) is 0 Å². The topological polar surface area (TPSA) is 69.2 Å². The number of carbonyl (C=O) groups is 1. The molecule has 0 aliphatic carbocycles. The highest BCUT2D eigenvalue weighted by molar-refractivity contribution is 5.85. The van der Waals surface area contributed by atoms with Crippen molar-refractivity contribution >= 4 is 11.9 Å². The Kier molecular flexibility index (Phi) is 8.31. The maximum Gasteiger partial charge on any atom is 0.243 e. The molecule has 29 heavy (non-hydrogen) atoms. The summed E-state index contributed by atoms with van der Waals surface area (Å²) in [6, 6.07) is 10.9. The van der Waals surface area contributed by atoms with E-state index in [2.05, 4.69) is 50.9 Å². The van der Waals surface area contributed by atoms with Gasteiger partial charge in [-0.2, -0.15) is 0 Å². The molecule has 0 bridgehead atoms. The quantitative estimate of drug-likeness (QED) is 0.535. The van der Waals surface area contributed by atoms with Gasteiger partial charge in [0, 0.05) is 46.4 Å². The van der Waals surface area contributed by atoms with E-state index >= 15 is 0 Å². The summed E-state index contributed by atoms with van der Waals surface area (Å²) in [6.07, 6.45) is 4.67. The lowest BCUT2D eigenvalue weighted by Gasteiger charge is -2.34. The molecule has 0 spiro atoms. The summed E-state index contributed by atoms with van der Waals surface area (Å²) in [4.78, 5) is 20.6. The van der Waals surface area contributed by atoms with Gasteiger partial charge in [-0.3, -0.25) is 9.69 Å². The zero-order valence-electron chi connectivity index (χ0n) is 17.8. The van der Waals surface area contributed by atoms with Crippen LogP contribution in [-0.4, -0.2) is 80.7 Å². The van der Waals surface area contributed by atoms with Crippen molar-refractivity contribution in [2.24, 2.45) is 4.99 Å². The number of hydrogen-bond acceptors (Lipinski definition) is 4. The van der Waals surface area contributed by atoms with Crippen molar-refractivity contribution in [3.8, 4) is 0 Å². The highest BCUT2D eigenvalue weighted by Gasteiger charge is 2.22. The summed E-state index contributed by atoms with van der Waals surface area (Å²) < 4.78 is 5.71. The molecule has 2 saturated heterocycles. The van der Waals surface area contributed by atoms with Crippen molar-refractivity contribution in [1.82, 2.24) is 20.4 Å². The van der Waals surface area contributed by atoms with Crippen LogP contribution in [0, 0.1) is 0 Å². The third-order valence-corrected chi connectivity index (χ3v) is 5.49. The molecule has 2 fully saturated rings. The molecule has 0 saturated carbocycles. The molecule has 2 aliphatic rings. The second kappa shape index (κ2) is 11.2. The Balaban J connectivity index is 1.55. The molecule has 1 aromatic carbocycles. The Labute approximate surface area is 174 Å². The largest absolute Gasteiger partial charge is 0.376 e. The number of carbonyl (C=O) groups excluding carboxylic acids is 1. The summed E-state index contributed by atoms with van der Waals surface area (Å²) in [5, 5.41) is 6.95. The van der Waals surface area contributed by atoms with Gasteiger partial charge in [0.25, 0.3) is 0 Å². The molecular formula is C22H35N5O2. The van der Waals surface area contributed by atoms with Crippen molar-refractivity contribution in [2.75, 3.05) is 46.9 Å². The number of nitrogens with one attached hydrogen (secondary N) is 2. The van der Waals surface area contributed by atoms with Crippen LogP contribution in [0.2, 0.25) is 0 Å². The molecule has 2 aliphatic heterocycles. The van der Waals surface area contributed by atoms with Crippen molar-refractivity contribution < 1.29 is 9.53 Å². The number of rotatable bonds is 7. The second-order valence-corrected chi connectivity index (χ2v) is 8.17. The smallest absolute Gasteiger partial charge is 0.243 e. The first kappa shape index (κ1) is 21.6. The van der Waals surface area contributed by atoms with Gasteiger partial charge in [0.2, 0.25) is 5.91 Å². The van der Waals surface area contributed by atoms with Gasteiger partial charge in [0.05, 0.1) is 6.10 Å². The number of piperidine rings is 1. The lowest BCUT2D eigenvalue weighted by molar-refractivity contribution is -0.127. The fraction of sp³-hybridized carbons (Fsp3) is 0.636. The minimum absolute atomic E-state index is 0.00225. The van der Waals surface area contributed by atoms with Gasteiger partial charge in [-0.25, -0.2) is 4.99 Å². The third kappa shape index (κ3) is 7.33. The number of amides is 1. The van der Waals surface area contributed by atoms with Gasteiger partial charge in [-0.1, -0.05) is 30.3 Å². The summed E-state index contributed by atoms with van der Waals surface area (Å²) in [6.45, 7) is 4.76. The fourth-order valence-corrected chi connectivity index (χ4v) is 3.81. The lowest BCUT2D eigenvalue weighted by atomic mass is 10.0. The number of guanidine groups is 1. The van der Waals surface area contributed by atoms with E-state index in [9.17, 15) is 4.79 Å². The second-order valence-electron chi connectivity index (χ2n) is 8.17. The predicted octanol–water partition coefficient (Wildman–Crippen LogP) is 1.45. The maximum absolute atomic E-state index is 12.0. The first-order valence-corrected chi connectivity index (χ1v) is 10.7. The standard InChI is InChI=1S/C22H35N5O2/c1-26(2)21(28)15-24-22(23-14-20-11-7-13-29-20)25-19-10-6-12-27(17-19)16-18-8-4-3-5-9-18/h3-5,8-9,19-20H,6-7,10-17H2,1-2H3,(H2,23,24,25). The molecule has 160 valence electrons. The van der Waals surface area contributed by atoms with Crippen molar-refractivity contribution in [2.45, 2.75) is 44.4 Å². The molecule has 2 heterocycles. The monoisotopic (exact) mass is 401 g/mol. The zero-order chi connectivity index (χ0) is 20.5. The fourth-order valence-electron chi connectivity index (χ4n) is 3.81. The minimum Gasteiger partial charge on any atom is -0.376 e. The number of likely N-dealkylation sites (N-methyl/N-ethyl adjacent to an activating group) is 1. The number of aliphatic imine (C=N–C) groups is 1. The van der Waals surface area contributed by atoms with E-state index in [0.717, 1.165) is 58.5 Å². The highest BCUT2D eigenvalue weighted by Crippen LogP contribution is 2.14. The molecule has 3 rings (SSSR count). The zero-order valence-corrected chi connectivity index (χ0v) is 17.8. The van der Waals surface area contributed by atoms with Gasteiger partial charge in [0.1, 0.15) is 6.54 Å². The average Bonchev–Trinajstić information content (AvgIpc) is 3.24. The van der Waals surface area contributed by atoms with Crippen LogP contribution in [0.25, 0.3) is 0 Å². The SMILES string of the molecule is CN(C)C(=O)CN=C(NCC1CCCO1)NC1CCCN(Cc2ccccc2)C1. The Morgan fingerprint density at radius 2 is 2.07 bits per heavy atom. The number of ether oxygens (including phenoxy) is 1. The molecule has 2 unspecified atom stereocenters. The van der Waals surface area contributed by atoms with Crippen LogP contribution >= 0.6 is 0 Å². The number of benzene rings is 1. The maximum atomic E-state index is 12.0. The number of nitrogens with zero attached hydrogens (tertiary/aromatic N) is 3. The van der Waals surface area contributed by atoms with Gasteiger partial charge in [-0.05, 0) is 37.8 Å². The van der Waals surface area contributed by atoms with Crippen LogP contribution in [0.15, 0.2) is 35.3 Å². The Hall–Kier alpha value is -2.12. The molecule has 1 amide bonds. The molecule has 7 nitrogen and oxygen atoms in total. The predicted molar refractivity (Wildman–Crippen MR) is 116 cm³/mol. The van der Waals surface area contributed by atoms with Crippen LogP contribution in [0.1, 0.15) is 31.2 Å². The molecule has 1 aromatic rings. The first-order chi connectivity index (χ1) is 14.1. The number of likely N-dealkylation sites (tertiary alicyclic amines) is 1. The third-order valence-electron chi connectivity index (χ3n) is 5.49. The van der Waals surface area contributed by atoms with E-state index in [-0.39, 0.29) is 18.6 Å². The first-order valence-electron chi connectivity index (χ1n) is 10.7. The average molecular weight is 402 g/mol. The van der Waals surface area contributed by atoms with Crippen LogP contribution in [-0.2, 0) is 16.1 Å². The van der Waals surface area contributed by atoms with Gasteiger partial charge in [-0.15, -0.1) is 0 Å². The van der Waals surface area contributed by atoms with E-state index < -0.39 is 0 Å². The van der Waals surface area contributed by atoms with E-state index in [1.54, 1.807) is 19.0 Å². The summed E-state index contributed by atoms with van der Waals surface area (Å²) in [7, 11) is 3.51. The summed E-state index contributed by atoms with van der Waals surface area (Å²) in [5.41, 5.74) is 1.34. The van der Waals surface area contributed by atoms with Gasteiger partial charge >= 0.3 is 0 Å². The molecule has 7 heteroatoms. The lowest BCUT2D eigenvalue weighted by Crippen LogP contribution is -2.52. The van der Waals surface area contributed by atoms with E-state index in [0.29, 0.717) is 12.0 Å². The highest BCUT2D eigenvalue weighted by atomic mass is 16.5. The molecule has 0 aromatic heterocycles. The van der Waals surface area contributed by atoms with E-state index in [1.165, 1.54) is 5.56 Å². The minimum atomic E-state index is -0.00225. The summed E-state index contributed by atoms with van der Waals surface area (Å²) in [5.74, 6) is 0.708. The normalized spacial score (nSPS) is 23.0. The summed E-state index contributed by atoms with van der Waals surface area (Å²) >= 11 is 0. The molecular weight excluding hydrogens is 366 g/mol. The van der Waals surface area contributed by atoms with Crippen LogP contribution in [0.3, 0.4) is 0 Å². The van der Waals surface area contributed by atoms with Crippen LogP contribution in [0.5, 0.6) is 0 Å². The van der Waals surface area contributed by atoms with Crippen LogP contribution in [0.4, 0.5) is 0 Å². The number of hydrogen-bond donors (Lipinski definition) is 2. The Morgan fingerprint density at radius 1 is 1.24 bits per heavy atom. The van der Waals surface area contributed by atoms with Crippen molar-refractivity contribution in [3.05, 3.63) is 35.9 Å². The Morgan fingerprint density at radius 3 is 2.79 bits per heavy atom. The molecule has 2 atom stereocenters. The molecule has 0 radical (unpaired) electrons.